The molecule has 1 N–H and O–H groups in total. The Balaban J connectivity index is 1.60. The van der Waals surface area contributed by atoms with E-state index in [1.807, 2.05) is 63.5 Å². The summed E-state index contributed by atoms with van der Waals surface area (Å²) in [5.74, 6) is 0.962. The molecule has 0 radical (unpaired) electrons. The summed E-state index contributed by atoms with van der Waals surface area (Å²) in [5, 5.41) is 3.86. The Morgan fingerprint density at radius 2 is 1.93 bits per heavy atom. The Morgan fingerprint density at radius 1 is 1.19 bits per heavy atom. The highest BCUT2D eigenvalue weighted by atomic mass is 79.9. The Labute approximate surface area is 167 Å². The van der Waals surface area contributed by atoms with Crippen LogP contribution in [0.5, 0.6) is 5.75 Å². The van der Waals surface area contributed by atoms with E-state index in [-0.39, 0.29) is 5.91 Å². The topological polar surface area (TPSA) is 54.7 Å². The van der Waals surface area contributed by atoms with E-state index in [1.165, 1.54) is 0 Å². The highest BCUT2D eigenvalue weighted by molar-refractivity contribution is 9.10. The molecule has 2 aromatic carbocycles. The van der Waals surface area contributed by atoms with Crippen LogP contribution in [0.1, 0.15) is 21.7 Å². The maximum absolute atomic E-state index is 12.5. The average molecular weight is 431 g/mol. The molecule has 0 fully saturated rings. The van der Waals surface area contributed by atoms with Crippen LogP contribution in [0.4, 0.5) is 0 Å². The SMILES string of the molecule is Cc1c(C(=O)NCc2ccc(OCCN(C)C)cc2)oc2ccc(Br)cc12. The normalized spacial score (nSPS) is 11.1. The van der Waals surface area contributed by atoms with E-state index in [0.717, 1.165) is 33.3 Å². The van der Waals surface area contributed by atoms with E-state index < -0.39 is 0 Å². The van der Waals surface area contributed by atoms with Crippen molar-refractivity contribution in [2.24, 2.45) is 0 Å². The number of carbonyl (C=O) groups is 1. The highest BCUT2D eigenvalue weighted by Gasteiger charge is 2.17. The van der Waals surface area contributed by atoms with Crippen molar-refractivity contribution in [1.82, 2.24) is 10.2 Å². The Morgan fingerprint density at radius 3 is 2.63 bits per heavy atom. The number of carbonyl (C=O) groups excluding carboxylic acids is 1. The molecule has 1 amide bonds. The zero-order valence-electron chi connectivity index (χ0n) is 15.7. The summed E-state index contributed by atoms with van der Waals surface area (Å²) >= 11 is 3.45. The maximum atomic E-state index is 12.5. The molecule has 0 bridgehead atoms. The molecule has 0 aliphatic carbocycles. The fourth-order valence-corrected chi connectivity index (χ4v) is 3.08. The monoisotopic (exact) mass is 430 g/mol. The molecule has 27 heavy (non-hydrogen) atoms. The van der Waals surface area contributed by atoms with Crippen LogP contribution in [0.3, 0.4) is 0 Å². The zero-order chi connectivity index (χ0) is 19.4. The van der Waals surface area contributed by atoms with E-state index in [0.29, 0.717) is 24.5 Å². The van der Waals surface area contributed by atoms with Gasteiger partial charge in [-0.2, -0.15) is 0 Å². The van der Waals surface area contributed by atoms with Gasteiger partial charge < -0.3 is 19.4 Å². The molecule has 1 heterocycles. The molecule has 5 nitrogen and oxygen atoms in total. The molecule has 0 atom stereocenters. The number of nitrogens with zero attached hydrogens (tertiary/aromatic N) is 1. The van der Waals surface area contributed by atoms with Gasteiger partial charge in [-0.15, -0.1) is 0 Å². The molecule has 1 aromatic heterocycles. The van der Waals surface area contributed by atoms with Gasteiger partial charge in [-0.05, 0) is 56.9 Å². The number of likely N-dealkylation sites (N-methyl/N-ethyl adjacent to an activating group) is 1. The number of furan rings is 1. The van der Waals surface area contributed by atoms with Crippen LogP contribution in [-0.2, 0) is 6.54 Å². The molecular formula is C21H23BrN2O3. The molecule has 0 aliphatic heterocycles. The van der Waals surface area contributed by atoms with Crippen molar-refractivity contribution >= 4 is 32.8 Å². The number of amides is 1. The molecule has 3 rings (SSSR count). The van der Waals surface area contributed by atoms with Gasteiger partial charge in [0, 0.05) is 28.5 Å². The van der Waals surface area contributed by atoms with Crippen molar-refractivity contribution in [3.63, 3.8) is 0 Å². The lowest BCUT2D eigenvalue weighted by Gasteiger charge is -2.11. The minimum Gasteiger partial charge on any atom is -0.492 e. The van der Waals surface area contributed by atoms with Crippen LogP contribution in [0.2, 0.25) is 0 Å². The third-order valence-corrected chi connectivity index (χ3v) is 4.78. The zero-order valence-corrected chi connectivity index (χ0v) is 17.3. The van der Waals surface area contributed by atoms with E-state index in [1.54, 1.807) is 0 Å². The molecule has 0 saturated carbocycles. The van der Waals surface area contributed by atoms with Crippen LogP contribution < -0.4 is 10.1 Å². The number of rotatable bonds is 7. The second-order valence-corrected chi connectivity index (χ2v) is 7.59. The summed E-state index contributed by atoms with van der Waals surface area (Å²) in [5.41, 5.74) is 2.55. The fraction of sp³-hybridized carbons (Fsp3) is 0.286. The lowest BCUT2D eigenvalue weighted by Crippen LogP contribution is -2.23. The predicted octanol–water partition coefficient (Wildman–Crippen LogP) is 4.37. The summed E-state index contributed by atoms with van der Waals surface area (Å²) in [6, 6.07) is 13.5. The first kappa shape index (κ1) is 19.5. The standard InChI is InChI=1S/C21H23BrN2O3/c1-14-18-12-16(22)6-9-19(18)27-20(14)21(25)23-13-15-4-7-17(8-5-15)26-11-10-24(2)3/h4-9,12H,10-11,13H2,1-3H3,(H,23,25). The van der Waals surface area contributed by atoms with Crippen molar-refractivity contribution in [3.8, 4) is 5.75 Å². The van der Waals surface area contributed by atoms with Gasteiger partial charge in [0.15, 0.2) is 5.76 Å². The Hall–Kier alpha value is -2.31. The van der Waals surface area contributed by atoms with E-state index in [4.69, 9.17) is 9.15 Å². The molecule has 0 unspecified atom stereocenters. The minimum absolute atomic E-state index is 0.217. The van der Waals surface area contributed by atoms with E-state index in [9.17, 15) is 4.79 Å². The number of benzene rings is 2. The van der Waals surface area contributed by atoms with E-state index >= 15 is 0 Å². The summed E-state index contributed by atoms with van der Waals surface area (Å²) in [6.45, 7) is 3.83. The van der Waals surface area contributed by atoms with Crippen LogP contribution in [-0.4, -0.2) is 38.1 Å². The maximum Gasteiger partial charge on any atom is 0.287 e. The lowest BCUT2D eigenvalue weighted by molar-refractivity contribution is 0.0924. The Bertz CT molecular complexity index is 932. The molecule has 0 saturated heterocycles. The van der Waals surface area contributed by atoms with Crippen molar-refractivity contribution in [2.45, 2.75) is 13.5 Å². The van der Waals surface area contributed by atoms with Crippen molar-refractivity contribution in [1.29, 1.82) is 0 Å². The molecule has 142 valence electrons. The van der Waals surface area contributed by atoms with Crippen LogP contribution in [0.25, 0.3) is 11.0 Å². The van der Waals surface area contributed by atoms with Gasteiger partial charge in [0.1, 0.15) is 17.9 Å². The molecule has 3 aromatic rings. The second kappa shape index (κ2) is 8.59. The summed E-state index contributed by atoms with van der Waals surface area (Å²) in [4.78, 5) is 14.6. The quantitative estimate of drug-likeness (QED) is 0.604. The first-order valence-electron chi connectivity index (χ1n) is 8.77. The molecular weight excluding hydrogens is 408 g/mol. The lowest BCUT2D eigenvalue weighted by atomic mass is 10.1. The van der Waals surface area contributed by atoms with Crippen molar-refractivity contribution in [3.05, 3.63) is 63.8 Å². The number of hydrogen-bond acceptors (Lipinski definition) is 4. The highest BCUT2D eigenvalue weighted by Crippen LogP contribution is 2.28. The van der Waals surface area contributed by atoms with Crippen molar-refractivity contribution in [2.75, 3.05) is 27.2 Å². The summed E-state index contributed by atoms with van der Waals surface area (Å²) in [7, 11) is 4.02. The van der Waals surface area contributed by atoms with Gasteiger partial charge in [0.05, 0.1) is 0 Å². The van der Waals surface area contributed by atoms with Gasteiger partial charge in [-0.3, -0.25) is 4.79 Å². The van der Waals surface area contributed by atoms with Gasteiger partial charge >= 0.3 is 0 Å². The fourth-order valence-electron chi connectivity index (χ4n) is 2.72. The van der Waals surface area contributed by atoms with Gasteiger partial charge in [0.2, 0.25) is 0 Å². The van der Waals surface area contributed by atoms with Crippen LogP contribution in [0, 0.1) is 6.92 Å². The number of fused-ring (bicyclic) bond motifs is 1. The van der Waals surface area contributed by atoms with E-state index in [2.05, 4.69) is 26.1 Å². The average Bonchev–Trinajstić information content (AvgIpc) is 2.97. The van der Waals surface area contributed by atoms with Crippen molar-refractivity contribution < 1.29 is 13.9 Å². The third kappa shape index (κ3) is 4.90. The summed E-state index contributed by atoms with van der Waals surface area (Å²) < 4.78 is 12.4. The molecule has 6 heteroatoms. The number of halogens is 1. The second-order valence-electron chi connectivity index (χ2n) is 6.68. The van der Waals surface area contributed by atoms with Gasteiger partial charge in [-0.25, -0.2) is 0 Å². The number of aryl methyl sites for hydroxylation is 1. The summed E-state index contributed by atoms with van der Waals surface area (Å²) in [6.07, 6.45) is 0. The smallest absolute Gasteiger partial charge is 0.287 e. The van der Waals surface area contributed by atoms with Crippen LogP contribution >= 0.6 is 15.9 Å². The largest absolute Gasteiger partial charge is 0.492 e. The third-order valence-electron chi connectivity index (χ3n) is 4.29. The molecule has 0 aliphatic rings. The number of ether oxygens (including phenoxy) is 1. The molecule has 0 spiro atoms. The Kier molecular flexibility index (Phi) is 6.19. The number of hydrogen-bond donors (Lipinski definition) is 1. The minimum atomic E-state index is -0.217. The predicted molar refractivity (Wildman–Crippen MR) is 110 cm³/mol. The first-order chi connectivity index (χ1) is 12.9. The number of nitrogens with one attached hydrogen (secondary N) is 1. The van der Waals surface area contributed by atoms with Crippen LogP contribution in [0.15, 0.2) is 51.4 Å². The van der Waals surface area contributed by atoms with Gasteiger partial charge in [-0.1, -0.05) is 28.1 Å². The first-order valence-corrected chi connectivity index (χ1v) is 9.56. The van der Waals surface area contributed by atoms with Gasteiger partial charge in [0.25, 0.3) is 5.91 Å².